The van der Waals surface area contributed by atoms with Crippen molar-refractivity contribution < 1.29 is 0 Å². The summed E-state index contributed by atoms with van der Waals surface area (Å²) in [7, 11) is 1.87. The molecule has 2 unspecified atom stereocenters. The van der Waals surface area contributed by atoms with Crippen molar-refractivity contribution in [1.82, 2.24) is 5.32 Å². The molecule has 0 bridgehead atoms. The van der Waals surface area contributed by atoms with Crippen molar-refractivity contribution >= 4 is 23.4 Å². The Morgan fingerprint density at radius 1 is 1.59 bits per heavy atom. The van der Waals surface area contributed by atoms with Gasteiger partial charge in [0.05, 0.1) is 6.07 Å². The fraction of sp³-hybridized carbons (Fsp3) is 0.462. The van der Waals surface area contributed by atoms with E-state index in [0.29, 0.717) is 5.25 Å². The third-order valence-corrected chi connectivity index (χ3v) is 4.76. The van der Waals surface area contributed by atoms with Crippen LogP contribution < -0.4 is 5.32 Å². The number of hydrogen-bond donors (Lipinski definition) is 1. The van der Waals surface area contributed by atoms with Gasteiger partial charge in [0.1, 0.15) is 5.54 Å². The normalized spacial score (nSPS) is 27.9. The number of nitrogens with one attached hydrogen (secondary N) is 1. The van der Waals surface area contributed by atoms with Crippen molar-refractivity contribution in [2.45, 2.75) is 34.9 Å². The number of nitrogens with zero attached hydrogens (tertiary/aromatic N) is 1. The lowest BCUT2D eigenvalue weighted by molar-refractivity contribution is 0.464. The lowest BCUT2D eigenvalue weighted by atomic mass is 10.0. The van der Waals surface area contributed by atoms with E-state index in [0.717, 1.165) is 24.3 Å². The molecule has 1 saturated carbocycles. The molecule has 2 nitrogen and oxygen atoms in total. The molecule has 4 heteroatoms. The molecule has 0 saturated heterocycles. The maximum atomic E-state index is 9.20. The van der Waals surface area contributed by atoms with Gasteiger partial charge in [-0.05, 0) is 44.5 Å². The average Bonchev–Trinajstić information content (AvgIpc) is 2.73. The standard InChI is InChI=1S/C13H15ClN2S/c1-16-13(9-15)6-5-12(8-13)17-11-4-2-3-10(14)7-11/h2-4,7,12,16H,5-6,8H2,1H3. The Morgan fingerprint density at radius 3 is 3.00 bits per heavy atom. The monoisotopic (exact) mass is 266 g/mol. The Hall–Kier alpha value is -0.690. The molecule has 2 atom stereocenters. The highest BCUT2D eigenvalue weighted by molar-refractivity contribution is 8.00. The molecule has 1 aromatic rings. The number of rotatable bonds is 3. The molecule has 0 heterocycles. The van der Waals surface area contributed by atoms with Crippen molar-refractivity contribution in [2.24, 2.45) is 0 Å². The van der Waals surface area contributed by atoms with Crippen LogP contribution in [-0.2, 0) is 0 Å². The smallest absolute Gasteiger partial charge is 0.107 e. The molecule has 17 heavy (non-hydrogen) atoms. The quantitative estimate of drug-likeness (QED) is 0.910. The summed E-state index contributed by atoms with van der Waals surface area (Å²) in [6.07, 6.45) is 2.90. The number of thioether (sulfide) groups is 1. The minimum absolute atomic E-state index is 0.323. The zero-order valence-corrected chi connectivity index (χ0v) is 11.3. The van der Waals surface area contributed by atoms with Crippen LogP contribution in [0, 0.1) is 11.3 Å². The summed E-state index contributed by atoms with van der Waals surface area (Å²) < 4.78 is 0. The molecule has 1 fully saturated rings. The second-order valence-corrected chi connectivity index (χ2v) is 6.19. The summed E-state index contributed by atoms with van der Waals surface area (Å²) in [5, 5.41) is 13.6. The lowest BCUT2D eigenvalue weighted by Gasteiger charge is -2.19. The van der Waals surface area contributed by atoms with Crippen LogP contribution in [0.25, 0.3) is 0 Å². The largest absolute Gasteiger partial charge is 0.302 e. The minimum Gasteiger partial charge on any atom is -0.302 e. The van der Waals surface area contributed by atoms with Gasteiger partial charge in [0.25, 0.3) is 0 Å². The van der Waals surface area contributed by atoms with Gasteiger partial charge < -0.3 is 5.32 Å². The van der Waals surface area contributed by atoms with Gasteiger partial charge in [-0.2, -0.15) is 5.26 Å². The summed E-state index contributed by atoms with van der Waals surface area (Å²) in [4.78, 5) is 1.19. The average molecular weight is 267 g/mol. The molecule has 1 aliphatic rings. The summed E-state index contributed by atoms with van der Waals surface area (Å²) in [6, 6.07) is 10.3. The van der Waals surface area contributed by atoms with Crippen LogP contribution in [0.2, 0.25) is 5.02 Å². The van der Waals surface area contributed by atoms with Crippen LogP contribution in [0.5, 0.6) is 0 Å². The zero-order valence-electron chi connectivity index (χ0n) is 9.74. The highest BCUT2D eigenvalue weighted by Crippen LogP contribution is 2.40. The molecule has 0 amide bonds. The third kappa shape index (κ3) is 2.95. The van der Waals surface area contributed by atoms with Crippen LogP contribution in [0.1, 0.15) is 19.3 Å². The molecular formula is C13H15ClN2S. The summed E-state index contributed by atoms with van der Waals surface area (Å²) in [5.41, 5.74) is -0.323. The first-order valence-corrected chi connectivity index (χ1v) is 6.96. The van der Waals surface area contributed by atoms with Crippen LogP contribution in [-0.4, -0.2) is 17.8 Å². The molecule has 1 N–H and O–H groups in total. The second kappa shape index (κ2) is 5.30. The summed E-state index contributed by atoms with van der Waals surface area (Å²) in [6.45, 7) is 0. The predicted molar refractivity (Wildman–Crippen MR) is 72.4 cm³/mol. The number of halogens is 1. The number of hydrogen-bond acceptors (Lipinski definition) is 3. The van der Waals surface area contributed by atoms with Gasteiger partial charge in [0.2, 0.25) is 0 Å². The highest BCUT2D eigenvalue weighted by atomic mass is 35.5. The maximum absolute atomic E-state index is 9.20. The molecule has 0 spiro atoms. The maximum Gasteiger partial charge on any atom is 0.107 e. The highest BCUT2D eigenvalue weighted by Gasteiger charge is 2.38. The van der Waals surface area contributed by atoms with Crippen LogP contribution >= 0.6 is 23.4 Å². The molecule has 2 rings (SSSR count). The molecular weight excluding hydrogens is 252 g/mol. The Kier molecular flexibility index (Phi) is 3.98. The fourth-order valence-electron chi connectivity index (χ4n) is 2.22. The molecule has 0 radical (unpaired) electrons. The van der Waals surface area contributed by atoms with Crippen molar-refractivity contribution in [3.8, 4) is 6.07 Å². The van der Waals surface area contributed by atoms with E-state index in [-0.39, 0.29) is 5.54 Å². The molecule has 0 aliphatic heterocycles. The Morgan fingerprint density at radius 2 is 2.41 bits per heavy atom. The predicted octanol–water partition coefficient (Wildman–Crippen LogP) is 3.47. The fourth-order valence-corrected chi connectivity index (χ4v) is 3.81. The Labute approximate surface area is 111 Å². The van der Waals surface area contributed by atoms with Gasteiger partial charge >= 0.3 is 0 Å². The van der Waals surface area contributed by atoms with Gasteiger partial charge in [0, 0.05) is 15.2 Å². The van der Waals surface area contributed by atoms with E-state index >= 15 is 0 Å². The van der Waals surface area contributed by atoms with E-state index < -0.39 is 0 Å². The van der Waals surface area contributed by atoms with Crippen molar-refractivity contribution in [1.29, 1.82) is 5.26 Å². The van der Waals surface area contributed by atoms with Gasteiger partial charge in [-0.15, -0.1) is 11.8 Å². The second-order valence-electron chi connectivity index (χ2n) is 4.38. The van der Waals surface area contributed by atoms with E-state index in [1.54, 1.807) is 0 Å². The van der Waals surface area contributed by atoms with Gasteiger partial charge in [-0.1, -0.05) is 17.7 Å². The van der Waals surface area contributed by atoms with E-state index in [1.165, 1.54) is 4.90 Å². The molecule has 0 aromatic heterocycles. The van der Waals surface area contributed by atoms with Gasteiger partial charge in [0.15, 0.2) is 0 Å². The molecule has 1 aliphatic carbocycles. The third-order valence-electron chi connectivity index (χ3n) is 3.26. The van der Waals surface area contributed by atoms with Gasteiger partial charge in [-0.3, -0.25) is 0 Å². The van der Waals surface area contributed by atoms with E-state index in [1.807, 2.05) is 37.0 Å². The minimum atomic E-state index is -0.323. The van der Waals surface area contributed by atoms with Gasteiger partial charge in [-0.25, -0.2) is 0 Å². The van der Waals surface area contributed by atoms with Crippen LogP contribution in [0.3, 0.4) is 0 Å². The zero-order chi connectivity index (χ0) is 12.3. The van der Waals surface area contributed by atoms with Crippen molar-refractivity contribution in [2.75, 3.05) is 7.05 Å². The number of benzene rings is 1. The van der Waals surface area contributed by atoms with Crippen LogP contribution in [0.4, 0.5) is 0 Å². The van der Waals surface area contributed by atoms with E-state index in [4.69, 9.17) is 11.6 Å². The lowest BCUT2D eigenvalue weighted by Crippen LogP contribution is -2.38. The first-order chi connectivity index (χ1) is 8.17. The summed E-state index contributed by atoms with van der Waals surface area (Å²) in [5.74, 6) is 0. The first kappa shape index (κ1) is 12.8. The van der Waals surface area contributed by atoms with Crippen molar-refractivity contribution in [3.63, 3.8) is 0 Å². The Bertz CT molecular complexity index is 443. The van der Waals surface area contributed by atoms with E-state index in [2.05, 4.69) is 17.5 Å². The SMILES string of the molecule is CNC1(C#N)CCC(Sc2cccc(Cl)c2)C1. The Balaban J connectivity index is 2.01. The number of nitriles is 1. The van der Waals surface area contributed by atoms with Crippen molar-refractivity contribution in [3.05, 3.63) is 29.3 Å². The summed E-state index contributed by atoms with van der Waals surface area (Å²) >= 11 is 7.79. The topological polar surface area (TPSA) is 35.8 Å². The first-order valence-electron chi connectivity index (χ1n) is 5.70. The molecule has 1 aromatic carbocycles. The van der Waals surface area contributed by atoms with Crippen LogP contribution in [0.15, 0.2) is 29.2 Å². The van der Waals surface area contributed by atoms with E-state index in [9.17, 15) is 5.26 Å². The molecule has 90 valence electrons.